The Morgan fingerprint density at radius 3 is 1.00 bits per heavy atom. The third-order valence-electron chi connectivity index (χ3n) is 1.46. The van der Waals surface area contributed by atoms with E-state index in [4.69, 9.17) is 0 Å². The molecule has 0 aromatic heterocycles. The highest BCUT2D eigenvalue weighted by Gasteiger charge is 1.85. The van der Waals surface area contributed by atoms with Crippen LogP contribution in [0, 0.1) is 0 Å². The lowest BCUT2D eigenvalue weighted by Crippen LogP contribution is -1.80. The van der Waals surface area contributed by atoms with Crippen LogP contribution in [-0.4, -0.2) is 58.7 Å². The molecule has 3 aliphatic rings. The maximum atomic E-state index is 4.65. The summed E-state index contributed by atoms with van der Waals surface area (Å²) < 4.78 is 14.0. The highest BCUT2D eigenvalue weighted by Crippen LogP contribution is 1.79. The van der Waals surface area contributed by atoms with Crippen LogP contribution in [0.1, 0.15) is 0 Å². The lowest BCUT2D eigenvalue weighted by Gasteiger charge is -1.76. The van der Waals surface area contributed by atoms with Gasteiger partial charge in [-0.15, -0.1) is 13.2 Å². The molecule has 0 N–H and O–H groups in total. The van der Waals surface area contributed by atoms with Gasteiger partial charge in [0.15, 0.2) is 19.2 Å². The first-order chi connectivity index (χ1) is 8.50. The minimum absolute atomic E-state index is 0.778. The molecule has 0 saturated heterocycles. The lowest BCUT2D eigenvalue weighted by atomic mass is 10.8. The smallest absolute Gasteiger partial charge is 0.169 e. The zero-order valence-corrected chi connectivity index (χ0v) is 9.96. The van der Waals surface area contributed by atoms with E-state index in [0.29, 0.717) is 0 Å². The maximum Gasteiger partial charge on any atom is 0.169 e. The number of hydrogen-bond donors (Lipinski definition) is 0. The van der Waals surface area contributed by atoms with Crippen molar-refractivity contribution in [2.24, 2.45) is 15.0 Å². The highest BCUT2D eigenvalue weighted by molar-refractivity contribution is 5.48. The van der Waals surface area contributed by atoms with Crippen LogP contribution in [0.2, 0.25) is 0 Å². The van der Waals surface area contributed by atoms with Crippen molar-refractivity contribution in [1.82, 2.24) is 0 Å². The first kappa shape index (κ1) is 15.2. The van der Waals surface area contributed by atoms with Crippen LogP contribution in [0.25, 0.3) is 0 Å². The SMILES string of the molecule is C1=NCCO1.C1=NCCO1.C1=NCCO1.C=C. The topological polar surface area (TPSA) is 64.8 Å². The minimum Gasteiger partial charge on any atom is -0.482 e. The standard InChI is InChI=1S/3C3H5NO.C2H4/c3*1-2-5-3-4-1;1-2/h3*3H,1-2H2;1-2H2. The van der Waals surface area contributed by atoms with Gasteiger partial charge in [0, 0.05) is 0 Å². The van der Waals surface area contributed by atoms with Crippen molar-refractivity contribution in [3.8, 4) is 0 Å². The summed E-state index contributed by atoms with van der Waals surface area (Å²) in [5.74, 6) is 0. The molecule has 0 aliphatic carbocycles. The van der Waals surface area contributed by atoms with Crippen molar-refractivity contribution in [3.63, 3.8) is 0 Å². The summed E-state index contributed by atoms with van der Waals surface area (Å²) in [6.45, 7) is 10.9. The fourth-order valence-corrected chi connectivity index (χ4v) is 0.791. The molecule has 0 amide bonds. The summed E-state index contributed by atoms with van der Waals surface area (Å²) in [6, 6.07) is 0. The molecule has 0 radical (unpaired) electrons. The monoisotopic (exact) mass is 241 g/mol. The van der Waals surface area contributed by atoms with E-state index in [2.05, 4.69) is 42.3 Å². The second-order valence-corrected chi connectivity index (χ2v) is 2.65. The summed E-state index contributed by atoms with van der Waals surface area (Å²) in [5, 5.41) is 0. The van der Waals surface area contributed by atoms with E-state index in [1.54, 1.807) is 0 Å². The van der Waals surface area contributed by atoms with Gasteiger partial charge < -0.3 is 14.2 Å². The van der Waals surface area contributed by atoms with Gasteiger partial charge in [-0.3, -0.25) is 15.0 Å². The van der Waals surface area contributed by atoms with E-state index in [1.807, 2.05) is 0 Å². The molecule has 6 nitrogen and oxygen atoms in total. The number of ether oxygens (including phenoxy) is 3. The van der Waals surface area contributed by atoms with E-state index in [-0.39, 0.29) is 0 Å². The van der Waals surface area contributed by atoms with Crippen molar-refractivity contribution in [2.45, 2.75) is 0 Å². The van der Waals surface area contributed by atoms with Gasteiger partial charge in [-0.2, -0.15) is 0 Å². The average Bonchev–Trinajstić information content (AvgIpc) is 3.16. The largest absolute Gasteiger partial charge is 0.482 e. The molecule has 6 heteroatoms. The van der Waals surface area contributed by atoms with E-state index >= 15 is 0 Å². The van der Waals surface area contributed by atoms with Crippen molar-refractivity contribution >= 4 is 19.2 Å². The molecule has 0 aromatic rings. The van der Waals surface area contributed by atoms with Crippen molar-refractivity contribution in [2.75, 3.05) is 39.5 Å². The van der Waals surface area contributed by atoms with E-state index < -0.39 is 0 Å². The normalized spacial score (nSPS) is 17.2. The molecule has 0 atom stereocenters. The molecule has 3 heterocycles. The third kappa shape index (κ3) is 12.1. The predicted molar refractivity (Wildman–Crippen MR) is 69.2 cm³/mol. The van der Waals surface area contributed by atoms with Gasteiger partial charge >= 0.3 is 0 Å². The van der Waals surface area contributed by atoms with Crippen LogP contribution in [0.3, 0.4) is 0 Å². The molecule has 0 aromatic carbocycles. The van der Waals surface area contributed by atoms with Crippen LogP contribution in [0.15, 0.2) is 28.1 Å². The Bertz CT molecular complexity index is 186. The summed E-state index contributed by atoms with van der Waals surface area (Å²) in [5.41, 5.74) is 0. The van der Waals surface area contributed by atoms with Gasteiger partial charge in [0.25, 0.3) is 0 Å². The van der Waals surface area contributed by atoms with E-state index in [1.165, 1.54) is 19.2 Å². The van der Waals surface area contributed by atoms with Gasteiger partial charge in [0.05, 0.1) is 19.6 Å². The first-order valence-electron chi connectivity index (χ1n) is 5.30. The van der Waals surface area contributed by atoms with Crippen molar-refractivity contribution in [1.29, 1.82) is 0 Å². The van der Waals surface area contributed by atoms with Crippen LogP contribution >= 0.6 is 0 Å². The van der Waals surface area contributed by atoms with Gasteiger partial charge in [-0.1, -0.05) is 0 Å². The zero-order chi connectivity index (χ0) is 12.6. The molecule has 0 spiro atoms. The van der Waals surface area contributed by atoms with Crippen molar-refractivity contribution in [3.05, 3.63) is 13.2 Å². The summed E-state index contributed by atoms with van der Waals surface area (Å²) >= 11 is 0. The van der Waals surface area contributed by atoms with E-state index in [0.717, 1.165) is 39.5 Å². The van der Waals surface area contributed by atoms with Crippen molar-refractivity contribution < 1.29 is 14.2 Å². The summed E-state index contributed by atoms with van der Waals surface area (Å²) in [6.07, 6.45) is 4.46. The first-order valence-corrected chi connectivity index (χ1v) is 5.30. The second-order valence-electron chi connectivity index (χ2n) is 2.65. The summed E-state index contributed by atoms with van der Waals surface area (Å²) in [4.78, 5) is 11.2. The lowest BCUT2D eigenvalue weighted by molar-refractivity contribution is 0.361. The fourth-order valence-electron chi connectivity index (χ4n) is 0.791. The number of aliphatic imine (C=N–C) groups is 3. The number of hydrogen-bond acceptors (Lipinski definition) is 6. The molecule has 3 aliphatic heterocycles. The maximum absolute atomic E-state index is 4.65. The van der Waals surface area contributed by atoms with Gasteiger partial charge in [-0.05, 0) is 0 Å². The minimum atomic E-state index is 0.778. The van der Waals surface area contributed by atoms with Gasteiger partial charge in [-0.25, -0.2) is 0 Å². The Kier molecular flexibility index (Phi) is 12.6. The molecule has 0 saturated carbocycles. The molecule has 17 heavy (non-hydrogen) atoms. The molecule has 3 rings (SSSR count). The Labute approximate surface area is 102 Å². The van der Waals surface area contributed by atoms with Crippen LogP contribution in [0.4, 0.5) is 0 Å². The molecule has 0 fully saturated rings. The van der Waals surface area contributed by atoms with Crippen LogP contribution in [-0.2, 0) is 14.2 Å². The molecule has 0 bridgehead atoms. The van der Waals surface area contributed by atoms with Crippen LogP contribution in [0.5, 0.6) is 0 Å². The summed E-state index contributed by atoms with van der Waals surface area (Å²) in [7, 11) is 0. The Morgan fingerprint density at radius 1 is 0.647 bits per heavy atom. The second kappa shape index (κ2) is 14.2. The van der Waals surface area contributed by atoms with Crippen LogP contribution < -0.4 is 0 Å². The highest BCUT2D eigenvalue weighted by atomic mass is 16.5. The Morgan fingerprint density at radius 2 is 0.941 bits per heavy atom. The Balaban J connectivity index is 0.000000211. The third-order valence-corrected chi connectivity index (χ3v) is 1.46. The van der Waals surface area contributed by atoms with Gasteiger partial charge in [0.2, 0.25) is 0 Å². The molecule has 96 valence electrons. The van der Waals surface area contributed by atoms with E-state index in [9.17, 15) is 0 Å². The fraction of sp³-hybridized carbons (Fsp3) is 0.545. The predicted octanol–water partition coefficient (Wildman–Crippen LogP) is 0.937. The molecular formula is C11H19N3O3. The number of nitrogens with zero attached hydrogens (tertiary/aromatic N) is 3. The quantitative estimate of drug-likeness (QED) is 0.593. The molecule has 0 unspecified atom stereocenters. The number of rotatable bonds is 0. The average molecular weight is 241 g/mol. The zero-order valence-electron chi connectivity index (χ0n) is 9.96. The Hall–Kier alpha value is -1.85. The van der Waals surface area contributed by atoms with Gasteiger partial charge in [0.1, 0.15) is 19.8 Å². The molecular weight excluding hydrogens is 222 g/mol.